The Labute approximate surface area is 95.9 Å². The van der Waals surface area contributed by atoms with Crippen LogP contribution < -0.4 is 16.4 Å². The smallest absolute Gasteiger partial charge is 0.223 e. The average molecular weight is 221 g/mol. The van der Waals surface area contributed by atoms with Crippen LogP contribution in [0, 0.1) is 5.41 Å². The van der Waals surface area contributed by atoms with E-state index in [1.807, 2.05) is 13.1 Å². The normalized spacial score (nSPS) is 16.9. The second-order valence-corrected chi connectivity index (χ2v) is 4.45. The Morgan fingerprint density at radius 1 is 1.38 bits per heavy atom. The van der Waals surface area contributed by atoms with Gasteiger partial charge < -0.3 is 16.4 Å². The summed E-state index contributed by atoms with van der Waals surface area (Å²) in [6.07, 6.45) is 3.85. The minimum Gasteiger partial charge on any atom is -0.373 e. The molecule has 0 bridgehead atoms. The Bertz CT molecular complexity index is 373. The summed E-state index contributed by atoms with van der Waals surface area (Å²) in [6, 6.07) is 1.88. The number of hydrogen-bond donors (Lipinski definition) is 3. The van der Waals surface area contributed by atoms with E-state index in [0.717, 1.165) is 18.2 Å². The molecule has 1 saturated carbocycles. The van der Waals surface area contributed by atoms with E-state index in [1.165, 1.54) is 19.3 Å². The van der Waals surface area contributed by atoms with E-state index in [9.17, 15) is 0 Å². The van der Waals surface area contributed by atoms with Gasteiger partial charge in [0.25, 0.3) is 0 Å². The lowest BCUT2D eigenvalue weighted by molar-refractivity contribution is 0.521. The minimum absolute atomic E-state index is 0.302. The highest BCUT2D eigenvalue weighted by Crippen LogP contribution is 2.48. The van der Waals surface area contributed by atoms with E-state index in [2.05, 4.69) is 27.5 Å². The fourth-order valence-electron chi connectivity index (χ4n) is 1.79. The number of nitrogens with two attached hydrogens (primary N) is 1. The zero-order valence-corrected chi connectivity index (χ0v) is 9.88. The second kappa shape index (κ2) is 4.15. The van der Waals surface area contributed by atoms with Crippen molar-refractivity contribution in [1.29, 1.82) is 0 Å². The van der Waals surface area contributed by atoms with Gasteiger partial charge in [-0.3, -0.25) is 0 Å². The van der Waals surface area contributed by atoms with Crippen molar-refractivity contribution in [3.05, 3.63) is 6.07 Å². The van der Waals surface area contributed by atoms with Crippen molar-refractivity contribution in [3.63, 3.8) is 0 Å². The van der Waals surface area contributed by atoms with Gasteiger partial charge in [-0.2, -0.15) is 9.97 Å². The number of rotatable bonds is 5. The first-order valence-corrected chi connectivity index (χ1v) is 5.74. The summed E-state index contributed by atoms with van der Waals surface area (Å²) in [5, 5.41) is 6.31. The van der Waals surface area contributed by atoms with E-state index in [0.29, 0.717) is 11.4 Å². The monoisotopic (exact) mass is 221 g/mol. The number of nitrogens with zero attached hydrogens (tertiary/aromatic N) is 2. The summed E-state index contributed by atoms with van der Waals surface area (Å²) >= 11 is 0. The number of nitrogen functional groups attached to an aromatic ring is 1. The molecule has 0 aromatic carbocycles. The van der Waals surface area contributed by atoms with Gasteiger partial charge in [-0.15, -0.1) is 0 Å². The molecule has 1 fully saturated rings. The average Bonchev–Trinajstić information content (AvgIpc) is 3.06. The van der Waals surface area contributed by atoms with Gasteiger partial charge in [0.05, 0.1) is 0 Å². The number of nitrogens with one attached hydrogen (secondary N) is 2. The molecular formula is C11H19N5. The van der Waals surface area contributed by atoms with Gasteiger partial charge >= 0.3 is 0 Å². The lowest BCUT2D eigenvalue weighted by Gasteiger charge is -2.14. The first kappa shape index (κ1) is 11.0. The molecule has 0 aliphatic heterocycles. The van der Waals surface area contributed by atoms with Gasteiger partial charge in [0.15, 0.2) is 0 Å². The fourth-order valence-corrected chi connectivity index (χ4v) is 1.79. The summed E-state index contributed by atoms with van der Waals surface area (Å²) in [4.78, 5) is 8.21. The zero-order valence-electron chi connectivity index (χ0n) is 9.88. The Hall–Kier alpha value is -1.52. The SMILES string of the molecule is CCC1(CNc2cc(NC)nc(N)n2)CC1. The molecule has 16 heavy (non-hydrogen) atoms. The lowest BCUT2D eigenvalue weighted by Crippen LogP contribution is -2.16. The second-order valence-electron chi connectivity index (χ2n) is 4.45. The quantitative estimate of drug-likeness (QED) is 0.705. The van der Waals surface area contributed by atoms with Gasteiger partial charge in [-0.25, -0.2) is 0 Å². The summed E-state index contributed by atoms with van der Waals surface area (Å²) in [7, 11) is 1.82. The molecular weight excluding hydrogens is 202 g/mol. The third-order valence-corrected chi connectivity index (χ3v) is 3.35. The van der Waals surface area contributed by atoms with Crippen LogP contribution in [-0.2, 0) is 0 Å². The van der Waals surface area contributed by atoms with E-state index in [4.69, 9.17) is 5.73 Å². The molecule has 1 aromatic rings. The predicted molar refractivity (Wildman–Crippen MR) is 66.4 cm³/mol. The predicted octanol–water partition coefficient (Wildman–Crippen LogP) is 1.70. The van der Waals surface area contributed by atoms with Crippen LogP contribution in [0.2, 0.25) is 0 Å². The van der Waals surface area contributed by atoms with Crippen LogP contribution in [-0.4, -0.2) is 23.6 Å². The van der Waals surface area contributed by atoms with Gasteiger partial charge in [-0.1, -0.05) is 6.92 Å². The molecule has 0 saturated heterocycles. The molecule has 5 heteroatoms. The van der Waals surface area contributed by atoms with Crippen LogP contribution in [0.4, 0.5) is 17.6 Å². The first-order chi connectivity index (χ1) is 7.67. The lowest BCUT2D eigenvalue weighted by atomic mass is 10.0. The maximum absolute atomic E-state index is 5.62. The number of hydrogen-bond acceptors (Lipinski definition) is 5. The summed E-state index contributed by atoms with van der Waals surface area (Å²) in [5.74, 6) is 1.85. The number of aromatic nitrogens is 2. The largest absolute Gasteiger partial charge is 0.373 e. The van der Waals surface area contributed by atoms with Gasteiger partial charge in [-0.05, 0) is 24.7 Å². The maximum atomic E-state index is 5.62. The molecule has 5 nitrogen and oxygen atoms in total. The molecule has 0 radical (unpaired) electrons. The van der Waals surface area contributed by atoms with Crippen LogP contribution in [0.1, 0.15) is 26.2 Å². The highest BCUT2D eigenvalue weighted by Gasteiger charge is 2.40. The molecule has 1 heterocycles. The molecule has 2 rings (SSSR count). The van der Waals surface area contributed by atoms with Crippen LogP contribution in [0.25, 0.3) is 0 Å². The van der Waals surface area contributed by atoms with E-state index in [1.54, 1.807) is 0 Å². The van der Waals surface area contributed by atoms with Gasteiger partial charge in [0.1, 0.15) is 11.6 Å². The Kier molecular flexibility index (Phi) is 2.85. The molecule has 1 aromatic heterocycles. The molecule has 0 unspecified atom stereocenters. The van der Waals surface area contributed by atoms with Crippen molar-refractivity contribution in [3.8, 4) is 0 Å². The van der Waals surface area contributed by atoms with Gasteiger partial charge in [0.2, 0.25) is 5.95 Å². The zero-order chi connectivity index (χ0) is 11.6. The third-order valence-electron chi connectivity index (χ3n) is 3.35. The van der Waals surface area contributed by atoms with Crippen molar-refractivity contribution in [2.45, 2.75) is 26.2 Å². The van der Waals surface area contributed by atoms with Gasteiger partial charge in [0, 0.05) is 19.7 Å². The topological polar surface area (TPSA) is 75.9 Å². The Morgan fingerprint density at radius 3 is 2.62 bits per heavy atom. The Balaban J connectivity index is 2.01. The van der Waals surface area contributed by atoms with Crippen molar-refractivity contribution >= 4 is 17.6 Å². The first-order valence-electron chi connectivity index (χ1n) is 5.74. The minimum atomic E-state index is 0.302. The van der Waals surface area contributed by atoms with Crippen molar-refractivity contribution < 1.29 is 0 Å². The summed E-state index contributed by atoms with van der Waals surface area (Å²) in [5.41, 5.74) is 6.12. The molecule has 0 amide bonds. The highest BCUT2D eigenvalue weighted by molar-refractivity contribution is 5.50. The highest BCUT2D eigenvalue weighted by atomic mass is 15.1. The summed E-state index contributed by atoms with van der Waals surface area (Å²) < 4.78 is 0. The van der Waals surface area contributed by atoms with Crippen LogP contribution in [0.15, 0.2) is 6.07 Å². The molecule has 1 aliphatic carbocycles. The fraction of sp³-hybridized carbons (Fsp3) is 0.636. The standard InChI is InChI=1S/C11H19N5/c1-3-11(4-5-11)7-14-9-6-8(13-2)15-10(12)16-9/h6H,3-5,7H2,1-2H3,(H4,12,13,14,15,16). The molecule has 0 spiro atoms. The Morgan fingerprint density at radius 2 is 2.06 bits per heavy atom. The van der Waals surface area contributed by atoms with Crippen molar-refractivity contribution in [2.24, 2.45) is 5.41 Å². The molecule has 88 valence electrons. The van der Waals surface area contributed by atoms with Crippen LogP contribution >= 0.6 is 0 Å². The van der Waals surface area contributed by atoms with Crippen LogP contribution in [0.3, 0.4) is 0 Å². The molecule has 1 aliphatic rings. The van der Waals surface area contributed by atoms with E-state index >= 15 is 0 Å². The van der Waals surface area contributed by atoms with Crippen molar-refractivity contribution in [2.75, 3.05) is 30.0 Å². The molecule has 4 N–H and O–H groups in total. The summed E-state index contributed by atoms with van der Waals surface area (Å²) in [6.45, 7) is 3.21. The third kappa shape index (κ3) is 2.35. The van der Waals surface area contributed by atoms with Crippen molar-refractivity contribution in [1.82, 2.24) is 9.97 Å². The van der Waals surface area contributed by atoms with E-state index < -0.39 is 0 Å². The maximum Gasteiger partial charge on any atom is 0.223 e. The van der Waals surface area contributed by atoms with E-state index in [-0.39, 0.29) is 0 Å². The molecule has 0 atom stereocenters. The number of anilines is 3. The van der Waals surface area contributed by atoms with Crippen LogP contribution in [0.5, 0.6) is 0 Å².